The third kappa shape index (κ3) is 10.0. The van der Waals surface area contributed by atoms with E-state index in [9.17, 15) is 4.21 Å². The predicted molar refractivity (Wildman–Crippen MR) is 60.3 cm³/mol. The van der Waals surface area contributed by atoms with E-state index in [2.05, 4.69) is 6.92 Å². The van der Waals surface area contributed by atoms with E-state index >= 15 is 0 Å². The molecule has 2 nitrogen and oxygen atoms in total. The van der Waals surface area contributed by atoms with Crippen molar-refractivity contribution in [1.82, 2.24) is 0 Å². The van der Waals surface area contributed by atoms with Crippen LogP contribution in [0.4, 0.5) is 0 Å². The van der Waals surface area contributed by atoms with E-state index in [1.165, 1.54) is 0 Å². The van der Waals surface area contributed by atoms with E-state index < -0.39 is 10.8 Å². The maximum atomic E-state index is 11.3. The highest BCUT2D eigenvalue weighted by molar-refractivity contribution is 7.84. The molecule has 0 saturated heterocycles. The van der Waals surface area contributed by atoms with Gasteiger partial charge in [0, 0.05) is 28.3 Å². The van der Waals surface area contributed by atoms with Gasteiger partial charge in [-0.25, -0.2) is 0 Å². The zero-order valence-electron chi connectivity index (χ0n) is 8.92. The van der Waals surface area contributed by atoms with Gasteiger partial charge in [-0.05, 0) is 26.2 Å². The minimum absolute atomic E-state index is 0.295. The molecular formula is C10H23NOS. The number of rotatable bonds is 8. The van der Waals surface area contributed by atoms with Gasteiger partial charge in [-0.2, -0.15) is 0 Å². The molecule has 0 spiro atoms. The molecule has 80 valence electrons. The highest BCUT2D eigenvalue weighted by Gasteiger charge is 1.99. The van der Waals surface area contributed by atoms with Crippen LogP contribution in [-0.2, 0) is 10.8 Å². The summed E-state index contributed by atoms with van der Waals surface area (Å²) in [5, 5.41) is 0. The van der Waals surface area contributed by atoms with Gasteiger partial charge in [0.15, 0.2) is 0 Å². The second-order valence-corrected chi connectivity index (χ2v) is 5.37. The maximum absolute atomic E-state index is 11.3. The lowest BCUT2D eigenvalue weighted by atomic mass is 10.2. The Morgan fingerprint density at radius 2 is 1.85 bits per heavy atom. The summed E-state index contributed by atoms with van der Waals surface area (Å²) in [6, 6.07) is 0.295. The van der Waals surface area contributed by atoms with E-state index in [-0.39, 0.29) is 0 Å². The average molecular weight is 205 g/mol. The fraction of sp³-hybridized carbons (Fsp3) is 1.00. The fourth-order valence-corrected chi connectivity index (χ4v) is 2.48. The Bertz CT molecular complexity index is 137. The van der Waals surface area contributed by atoms with Crippen LogP contribution in [0.2, 0.25) is 0 Å². The van der Waals surface area contributed by atoms with Crippen LogP contribution in [0.25, 0.3) is 0 Å². The van der Waals surface area contributed by atoms with Gasteiger partial charge in [0.05, 0.1) is 0 Å². The summed E-state index contributed by atoms with van der Waals surface area (Å²) in [5.41, 5.74) is 5.61. The van der Waals surface area contributed by atoms with Gasteiger partial charge >= 0.3 is 0 Å². The highest BCUT2D eigenvalue weighted by atomic mass is 32.2. The van der Waals surface area contributed by atoms with Crippen LogP contribution in [0.15, 0.2) is 0 Å². The van der Waals surface area contributed by atoms with Gasteiger partial charge in [-0.3, -0.25) is 4.21 Å². The van der Waals surface area contributed by atoms with E-state index in [1.54, 1.807) is 0 Å². The van der Waals surface area contributed by atoms with Crippen molar-refractivity contribution in [3.8, 4) is 0 Å². The van der Waals surface area contributed by atoms with Crippen LogP contribution in [0.5, 0.6) is 0 Å². The summed E-state index contributed by atoms with van der Waals surface area (Å²) in [6.07, 6.45) is 5.49. The van der Waals surface area contributed by atoms with Crippen molar-refractivity contribution in [3.63, 3.8) is 0 Å². The molecule has 0 radical (unpaired) electrons. The lowest BCUT2D eigenvalue weighted by Gasteiger charge is -2.04. The molecule has 2 atom stereocenters. The van der Waals surface area contributed by atoms with Crippen LogP contribution in [0.1, 0.15) is 46.0 Å². The zero-order valence-corrected chi connectivity index (χ0v) is 9.74. The Hall–Kier alpha value is 0.110. The summed E-state index contributed by atoms with van der Waals surface area (Å²) in [6.45, 7) is 4.15. The SMILES string of the molecule is CCCCS(=O)CCCCC(C)N. The molecule has 0 rings (SSSR count). The molecule has 2 N–H and O–H groups in total. The average Bonchev–Trinajstić information content (AvgIpc) is 2.08. The lowest BCUT2D eigenvalue weighted by molar-refractivity contribution is 0.613. The minimum atomic E-state index is -0.575. The quantitative estimate of drug-likeness (QED) is 0.616. The molecular weight excluding hydrogens is 182 g/mol. The van der Waals surface area contributed by atoms with Crippen molar-refractivity contribution in [2.24, 2.45) is 5.73 Å². The fourth-order valence-electron chi connectivity index (χ4n) is 1.14. The summed E-state index contributed by atoms with van der Waals surface area (Å²) in [5.74, 6) is 1.75. The lowest BCUT2D eigenvalue weighted by Crippen LogP contribution is -2.14. The number of unbranched alkanes of at least 4 members (excludes halogenated alkanes) is 2. The molecule has 2 unspecified atom stereocenters. The van der Waals surface area contributed by atoms with Crippen molar-refractivity contribution >= 4 is 10.8 Å². The van der Waals surface area contributed by atoms with E-state index in [0.717, 1.165) is 43.6 Å². The minimum Gasteiger partial charge on any atom is -0.328 e. The Balaban J connectivity index is 3.17. The molecule has 3 heteroatoms. The predicted octanol–water partition coefficient (Wildman–Crippen LogP) is 2.05. The van der Waals surface area contributed by atoms with Crippen LogP contribution >= 0.6 is 0 Å². The third-order valence-electron chi connectivity index (χ3n) is 2.01. The summed E-state index contributed by atoms with van der Waals surface area (Å²) in [4.78, 5) is 0. The molecule has 13 heavy (non-hydrogen) atoms. The van der Waals surface area contributed by atoms with Crippen LogP contribution in [0.3, 0.4) is 0 Å². The Morgan fingerprint density at radius 3 is 2.38 bits per heavy atom. The second-order valence-electron chi connectivity index (χ2n) is 3.67. The molecule has 0 heterocycles. The number of hydrogen-bond donors (Lipinski definition) is 1. The molecule has 0 amide bonds. The first-order valence-corrected chi connectivity index (χ1v) is 6.76. The van der Waals surface area contributed by atoms with E-state index in [0.29, 0.717) is 6.04 Å². The number of hydrogen-bond acceptors (Lipinski definition) is 2. The van der Waals surface area contributed by atoms with Gasteiger partial charge in [0.1, 0.15) is 0 Å². The number of nitrogens with two attached hydrogens (primary N) is 1. The zero-order chi connectivity index (χ0) is 10.1. The normalized spacial score (nSPS) is 15.6. The van der Waals surface area contributed by atoms with Crippen LogP contribution < -0.4 is 5.73 Å². The van der Waals surface area contributed by atoms with Gasteiger partial charge in [-0.15, -0.1) is 0 Å². The molecule has 0 aliphatic carbocycles. The van der Waals surface area contributed by atoms with E-state index in [1.807, 2.05) is 6.92 Å². The molecule has 0 aliphatic heterocycles. The molecule has 0 aromatic carbocycles. The third-order valence-corrected chi connectivity index (χ3v) is 3.50. The van der Waals surface area contributed by atoms with Crippen molar-refractivity contribution in [2.75, 3.05) is 11.5 Å². The molecule has 0 saturated carbocycles. The smallest absolute Gasteiger partial charge is 0.0234 e. The molecule has 0 fully saturated rings. The second kappa shape index (κ2) is 8.70. The first-order valence-electron chi connectivity index (χ1n) is 5.27. The van der Waals surface area contributed by atoms with Gasteiger partial charge in [-0.1, -0.05) is 19.8 Å². The highest BCUT2D eigenvalue weighted by Crippen LogP contribution is 2.01. The summed E-state index contributed by atoms with van der Waals surface area (Å²) < 4.78 is 11.3. The molecule has 0 bridgehead atoms. The first kappa shape index (κ1) is 13.1. The van der Waals surface area contributed by atoms with Crippen molar-refractivity contribution in [1.29, 1.82) is 0 Å². The van der Waals surface area contributed by atoms with Crippen molar-refractivity contribution < 1.29 is 4.21 Å². The van der Waals surface area contributed by atoms with Gasteiger partial charge < -0.3 is 5.73 Å². The largest absolute Gasteiger partial charge is 0.328 e. The van der Waals surface area contributed by atoms with Gasteiger partial charge in [0.2, 0.25) is 0 Å². The Kier molecular flexibility index (Phi) is 8.77. The standard InChI is InChI=1S/C10H23NOS/c1-3-4-8-13(12)9-6-5-7-10(2)11/h10H,3-9,11H2,1-2H3. The van der Waals surface area contributed by atoms with Crippen LogP contribution in [0, 0.1) is 0 Å². The van der Waals surface area contributed by atoms with E-state index in [4.69, 9.17) is 5.73 Å². The van der Waals surface area contributed by atoms with Crippen LogP contribution in [-0.4, -0.2) is 21.8 Å². The summed E-state index contributed by atoms with van der Waals surface area (Å²) >= 11 is 0. The first-order chi connectivity index (χ1) is 6.16. The monoisotopic (exact) mass is 205 g/mol. The molecule has 0 aromatic rings. The van der Waals surface area contributed by atoms with Gasteiger partial charge in [0.25, 0.3) is 0 Å². The Morgan fingerprint density at radius 1 is 1.23 bits per heavy atom. The molecule has 0 aromatic heterocycles. The molecule has 0 aliphatic rings. The maximum Gasteiger partial charge on any atom is 0.0234 e. The summed E-state index contributed by atoms with van der Waals surface area (Å²) in [7, 11) is -0.575. The van der Waals surface area contributed by atoms with Crippen molar-refractivity contribution in [3.05, 3.63) is 0 Å². The Labute approximate surface area is 84.7 Å². The topological polar surface area (TPSA) is 43.1 Å². The van der Waals surface area contributed by atoms with Crippen molar-refractivity contribution in [2.45, 2.75) is 52.0 Å².